The summed E-state index contributed by atoms with van der Waals surface area (Å²) in [5.41, 5.74) is 0.862. The smallest absolute Gasteiger partial charge is 0.115 e. The largest absolute Gasteiger partial charge is 0.508 e. The van der Waals surface area contributed by atoms with Gasteiger partial charge in [-0.3, -0.25) is 4.90 Å². The summed E-state index contributed by atoms with van der Waals surface area (Å²) >= 11 is 0. The van der Waals surface area contributed by atoms with Crippen molar-refractivity contribution in [1.29, 1.82) is 0 Å². The van der Waals surface area contributed by atoms with E-state index in [1.165, 1.54) is 25.7 Å². The van der Waals surface area contributed by atoms with Gasteiger partial charge in [-0.05, 0) is 57.5 Å². The third-order valence-corrected chi connectivity index (χ3v) is 4.60. The number of nitrogens with zero attached hydrogens (tertiary/aromatic N) is 1. The summed E-state index contributed by atoms with van der Waals surface area (Å²) in [5, 5.41) is 20.0. The number of rotatable bonds is 4. The first-order valence-corrected chi connectivity index (χ1v) is 7.71. The standard InChI is InChI=1S/C17H27NO2/c1-17(2,18-11-5-3-4-6-12-18)16(20)13-14-7-9-15(19)10-8-14/h7-10,16,19-20H,3-6,11-13H2,1-2H3. The van der Waals surface area contributed by atoms with Crippen molar-refractivity contribution in [2.45, 2.75) is 57.6 Å². The molecule has 1 saturated heterocycles. The number of aliphatic hydroxyl groups excluding tert-OH is 1. The molecule has 0 amide bonds. The molecule has 1 atom stereocenters. The van der Waals surface area contributed by atoms with E-state index in [0.717, 1.165) is 18.7 Å². The van der Waals surface area contributed by atoms with E-state index in [4.69, 9.17) is 0 Å². The van der Waals surface area contributed by atoms with Crippen LogP contribution in [0.4, 0.5) is 0 Å². The van der Waals surface area contributed by atoms with E-state index in [0.29, 0.717) is 6.42 Å². The summed E-state index contributed by atoms with van der Waals surface area (Å²) < 4.78 is 0. The number of aliphatic hydroxyl groups is 1. The fourth-order valence-corrected chi connectivity index (χ4v) is 2.96. The predicted octanol–water partition coefficient (Wildman–Crippen LogP) is 2.95. The molecule has 1 unspecified atom stereocenters. The van der Waals surface area contributed by atoms with E-state index in [1.54, 1.807) is 12.1 Å². The first-order chi connectivity index (χ1) is 9.50. The Morgan fingerprint density at radius 3 is 2.15 bits per heavy atom. The molecule has 3 heteroatoms. The van der Waals surface area contributed by atoms with Crippen LogP contribution < -0.4 is 0 Å². The zero-order valence-corrected chi connectivity index (χ0v) is 12.7. The van der Waals surface area contributed by atoms with Gasteiger partial charge in [0.2, 0.25) is 0 Å². The van der Waals surface area contributed by atoms with Crippen LogP contribution in [0.5, 0.6) is 5.75 Å². The van der Waals surface area contributed by atoms with Crippen LogP contribution in [0.25, 0.3) is 0 Å². The number of hydrogen-bond donors (Lipinski definition) is 2. The third kappa shape index (κ3) is 3.74. The maximum absolute atomic E-state index is 10.6. The molecule has 1 aliphatic rings. The van der Waals surface area contributed by atoms with Crippen molar-refractivity contribution in [2.75, 3.05) is 13.1 Å². The monoisotopic (exact) mass is 277 g/mol. The Kier molecular flexibility index (Phi) is 5.06. The molecule has 1 aliphatic heterocycles. The maximum atomic E-state index is 10.6. The second-order valence-corrected chi connectivity index (χ2v) is 6.44. The van der Waals surface area contributed by atoms with E-state index < -0.39 is 6.10 Å². The van der Waals surface area contributed by atoms with Crippen LogP contribution in [0.3, 0.4) is 0 Å². The van der Waals surface area contributed by atoms with Crippen LogP contribution in [0.1, 0.15) is 45.1 Å². The molecule has 0 spiro atoms. The van der Waals surface area contributed by atoms with Gasteiger partial charge in [-0.25, -0.2) is 0 Å². The van der Waals surface area contributed by atoms with Crippen LogP contribution >= 0.6 is 0 Å². The van der Waals surface area contributed by atoms with Crippen molar-refractivity contribution in [3.63, 3.8) is 0 Å². The zero-order chi connectivity index (χ0) is 14.6. The molecule has 2 rings (SSSR count). The highest BCUT2D eigenvalue weighted by Crippen LogP contribution is 2.25. The Morgan fingerprint density at radius 1 is 1.05 bits per heavy atom. The first kappa shape index (κ1) is 15.3. The van der Waals surface area contributed by atoms with Crippen molar-refractivity contribution in [1.82, 2.24) is 4.90 Å². The van der Waals surface area contributed by atoms with Gasteiger partial charge in [-0.2, -0.15) is 0 Å². The van der Waals surface area contributed by atoms with Gasteiger partial charge in [-0.1, -0.05) is 25.0 Å². The van der Waals surface area contributed by atoms with Crippen LogP contribution in [0.15, 0.2) is 24.3 Å². The van der Waals surface area contributed by atoms with E-state index in [1.807, 2.05) is 12.1 Å². The van der Waals surface area contributed by atoms with Crippen LogP contribution in [-0.4, -0.2) is 39.8 Å². The molecule has 112 valence electrons. The lowest BCUT2D eigenvalue weighted by Crippen LogP contribution is -2.53. The zero-order valence-electron chi connectivity index (χ0n) is 12.7. The fourth-order valence-electron chi connectivity index (χ4n) is 2.96. The second kappa shape index (κ2) is 6.59. The van der Waals surface area contributed by atoms with Gasteiger partial charge in [0.25, 0.3) is 0 Å². The van der Waals surface area contributed by atoms with Gasteiger partial charge in [0.1, 0.15) is 5.75 Å². The summed E-state index contributed by atoms with van der Waals surface area (Å²) in [7, 11) is 0. The van der Waals surface area contributed by atoms with Crippen molar-refractivity contribution in [3.8, 4) is 5.75 Å². The predicted molar refractivity (Wildman–Crippen MR) is 81.9 cm³/mol. The minimum absolute atomic E-state index is 0.206. The minimum Gasteiger partial charge on any atom is -0.508 e. The first-order valence-electron chi connectivity index (χ1n) is 7.71. The third-order valence-electron chi connectivity index (χ3n) is 4.60. The number of phenolic OH excluding ortho intramolecular Hbond substituents is 1. The molecule has 0 aromatic heterocycles. The number of likely N-dealkylation sites (tertiary alicyclic amines) is 1. The SMILES string of the molecule is CC(C)(C(O)Cc1ccc(O)cc1)N1CCCCCC1. The van der Waals surface area contributed by atoms with E-state index >= 15 is 0 Å². The van der Waals surface area contributed by atoms with Crippen molar-refractivity contribution in [2.24, 2.45) is 0 Å². The van der Waals surface area contributed by atoms with Crippen molar-refractivity contribution >= 4 is 0 Å². The average Bonchev–Trinajstić information content (AvgIpc) is 2.70. The molecule has 0 aliphatic carbocycles. The number of phenols is 1. The summed E-state index contributed by atoms with van der Waals surface area (Å²) in [4.78, 5) is 2.44. The van der Waals surface area contributed by atoms with Gasteiger partial charge in [0, 0.05) is 12.0 Å². The average molecular weight is 277 g/mol. The number of benzene rings is 1. The Balaban J connectivity index is 2.01. The van der Waals surface area contributed by atoms with Gasteiger partial charge in [0.05, 0.1) is 6.10 Å². The van der Waals surface area contributed by atoms with Crippen LogP contribution in [-0.2, 0) is 6.42 Å². The minimum atomic E-state index is -0.398. The van der Waals surface area contributed by atoms with E-state index in [2.05, 4.69) is 18.7 Å². The highest BCUT2D eigenvalue weighted by Gasteiger charge is 2.34. The molecule has 1 fully saturated rings. The van der Waals surface area contributed by atoms with Gasteiger partial charge >= 0.3 is 0 Å². The van der Waals surface area contributed by atoms with Gasteiger partial charge < -0.3 is 10.2 Å². The van der Waals surface area contributed by atoms with Crippen LogP contribution in [0.2, 0.25) is 0 Å². The lowest BCUT2D eigenvalue weighted by Gasteiger charge is -2.41. The highest BCUT2D eigenvalue weighted by atomic mass is 16.3. The molecule has 20 heavy (non-hydrogen) atoms. The molecule has 0 saturated carbocycles. The molecular formula is C17H27NO2. The molecule has 0 radical (unpaired) electrons. The molecule has 1 heterocycles. The lowest BCUT2D eigenvalue weighted by atomic mass is 9.89. The quantitative estimate of drug-likeness (QED) is 0.889. The molecule has 1 aromatic rings. The van der Waals surface area contributed by atoms with E-state index in [-0.39, 0.29) is 11.3 Å². The molecular weight excluding hydrogens is 250 g/mol. The number of aromatic hydroxyl groups is 1. The van der Waals surface area contributed by atoms with Crippen LogP contribution in [0, 0.1) is 0 Å². The maximum Gasteiger partial charge on any atom is 0.115 e. The summed E-state index contributed by atoms with van der Waals surface area (Å²) in [5.74, 6) is 0.273. The summed E-state index contributed by atoms with van der Waals surface area (Å²) in [6.45, 7) is 6.45. The molecule has 3 nitrogen and oxygen atoms in total. The lowest BCUT2D eigenvalue weighted by molar-refractivity contribution is -0.00786. The molecule has 0 bridgehead atoms. The Hall–Kier alpha value is -1.06. The Labute approximate surface area is 122 Å². The Bertz CT molecular complexity index is 406. The fraction of sp³-hybridized carbons (Fsp3) is 0.647. The molecule has 1 aromatic carbocycles. The van der Waals surface area contributed by atoms with Gasteiger partial charge in [0.15, 0.2) is 0 Å². The number of hydrogen-bond acceptors (Lipinski definition) is 3. The molecule has 2 N–H and O–H groups in total. The summed E-state index contributed by atoms with van der Waals surface area (Å²) in [6.07, 6.45) is 5.31. The normalized spacial score (nSPS) is 19.6. The Morgan fingerprint density at radius 2 is 1.60 bits per heavy atom. The topological polar surface area (TPSA) is 43.7 Å². The summed E-state index contributed by atoms with van der Waals surface area (Å²) in [6, 6.07) is 7.14. The van der Waals surface area contributed by atoms with Crippen molar-refractivity contribution in [3.05, 3.63) is 29.8 Å². The highest BCUT2D eigenvalue weighted by molar-refractivity contribution is 5.26. The van der Waals surface area contributed by atoms with Crippen molar-refractivity contribution < 1.29 is 10.2 Å². The van der Waals surface area contributed by atoms with Gasteiger partial charge in [-0.15, -0.1) is 0 Å². The van der Waals surface area contributed by atoms with E-state index in [9.17, 15) is 10.2 Å². The second-order valence-electron chi connectivity index (χ2n) is 6.44.